The Kier molecular flexibility index (Phi) is 5.30. The number of fused-ring (bicyclic) bond motifs is 1. The molecule has 3 atom stereocenters. The summed E-state index contributed by atoms with van der Waals surface area (Å²) in [5, 5.41) is 7.38. The molecule has 3 aliphatic rings. The van der Waals surface area contributed by atoms with Gasteiger partial charge in [-0.05, 0) is 37.0 Å². The number of hydrogen-bond acceptors (Lipinski definition) is 3. The number of nitrogens with zero attached hydrogens (tertiary/aromatic N) is 1. The van der Waals surface area contributed by atoms with Crippen LogP contribution in [0.1, 0.15) is 51.5 Å². The fourth-order valence-corrected chi connectivity index (χ4v) is 5.78. The fourth-order valence-electron chi connectivity index (χ4n) is 5.78. The molecule has 0 spiro atoms. The van der Waals surface area contributed by atoms with Gasteiger partial charge in [0, 0.05) is 43.0 Å². The lowest BCUT2D eigenvalue weighted by molar-refractivity contribution is -0.106. The Morgan fingerprint density at radius 3 is 2.79 bits per heavy atom. The average Bonchev–Trinajstić information content (AvgIpc) is 3.37. The second kappa shape index (κ2) is 7.58. The monoisotopic (exact) mass is 385 g/mol. The quantitative estimate of drug-likeness (QED) is 0.602. The minimum Gasteiger partial charge on any atom is -0.497 e. The van der Waals surface area contributed by atoms with Crippen molar-refractivity contribution in [1.82, 2.24) is 10.6 Å². The Balaban J connectivity index is 1.45. The predicted molar refractivity (Wildman–Crippen MR) is 113 cm³/mol. The lowest BCUT2D eigenvalue weighted by atomic mass is 9.57. The van der Waals surface area contributed by atoms with Gasteiger partial charge in [-0.2, -0.15) is 0 Å². The van der Waals surface area contributed by atoms with Gasteiger partial charge in [-0.25, -0.2) is 0 Å². The van der Waals surface area contributed by atoms with Crippen LogP contribution in [0.5, 0.6) is 5.75 Å². The van der Waals surface area contributed by atoms with E-state index in [0.717, 1.165) is 31.3 Å². The minimum absolute atomic E-state index is 0.149. The van der Waals surface area contributed by atoms with Crippen molar-refractivity contribution in [2.75, 3.05) is 27.3 Å². The highest BCUT2D eigenvalue weighted by Crippen LogP contribution is 2.52. The molecule has 5 heteroatoms. The van der Waals surface area contributed by atoms with Crippen LogP contribution in [-0.4, -0.2) is 45.4 Å². The van der Waals surface area contributed by atoms with Crippen molar-refractivity contribution in [2.24, 2.45) is 16.3 Å². The molecule has 2 aliphatic carbocycles. The van der Waals surface area contributed by atoms with Crippen molar-refractivity contribution < 1.29 is 9.47 Å². The Morgan fingerprint density at radius 1 is 1.29 bits per heavy atom. The largest absolute Gasteiger partial charge is 0.497 e. The van der Waals surface area contributed by atoms with Crippen LogP contribution < -0.4 is 15.4 Å². The molecule has 2 N–H and O–H groups in total. The Labute approximate surface area is 169 Å². The normalized spacial score (nSPS) is 30.4. The highest BCUT2D eigenvalue weighted by molar-refractivity contribution is 5.80. The molecule has 2 saturated carbocycles. The zero-order valence-electron chi connectivity index (χ0n) is 17.8. The summed E-state index contributed by atoms with van der Waals surface area (Å²) >= 11 is 0. The molecule has 1 saturated heterocycles. The SMILES string of the molecule is CN=C(NCC1(c2cccc(OC)c2)CCCC1)NC1C2CCOC2C1(C)C. The van der Waals surface area contributed by atoms with Gasteiger partial charge >= 0.3 is 0 Å². The lowest BCUT2D eigenvalue weighted by Gasteiger charge is -2.55. The van der Waals surface area contributed by atoms with Crippen molar-refractivity contribution in [3.05, 3.63) is 29.8 Å². The predicted octanol–water partition coefficient (Wildman–Crippen LogP) is 3.49. The average molecular weight is 386 g/mol. The van der Waals surface area contributed by atoms with Crippen molar-refractivity contribution in [2.45, 2.75) is 63.5 Å². The van der Waals surface area contributed by atoms with Crippen molar-refractivity contribution >= 4 is 5.96 Å². The maximum atomic E-state index is 5.94. The van der Waals surface area contributed by atoms with Crippen molar-refractivity contribution in [3.63, 3.8) is 0 Å². The third-order valence-electron chi connectivity index (χ3n) is 7.45. The number of aliphatic imine (C=N–C) groups is 1. The maximum absolute atomic E-state index is 5.94. The number of benzene rings is 1. The van der Waals surface area contributed by atoms with Crippen LogP contribution in [-0.2, 0) is 10.2 Å². The molecule has 3 fully saturated rings. The van der Waals surface area contributed by atoms with Gasteiger partial charge in [0.05, 0.1) is 13.2 Å². The van der Waals surface area contributed by atoms with E-state index >= 15 is 0 Å². The molecule has 1 aromatic carbocycles. The van der Waals surface area contributed by atoms with Gasteiger partial charge in [0.15, 0.2) is 5.96 Å². The van der Waals surface area contributed by atoms with Crippen LogP contribution in [0.15, 0.2) is 29.3 Å². The zero-order chi connectivity index (χ0) is 19.8. The first-order valence-electron chi connectivity index (χ1n) is 10.7. The fraction of sp³-hybridized carbons (Fsp3) is 0.696. The van der Waals surface area contributed by atoms with E-state index in [4.69, 9.17) is 9.47 Å². The van der Waals surface area contributed by atoms with Gasteiger partial charge in [-0.3, -0.25) is 4.99 Å². The molecule has 1 aromatic rings. The molecule has 0 amide bonds. The van der Waals surface area contributed by atoms with Crippen LogP contribution >= 0.6 is 0 Å². The summed E-state index contributed by atoms with van der Waals surface area (Å²) in [5.74, 6) is 2.46. The summed E-state index contributed by atoms with van der Waals surface area (Å²) in [6.07, 6.45) is 6.51. The molecule has 4 rings (SSSR count). The number of rotatable bonds is 5. The van der Waals surface area contributed by atoms with E-state index < -0.39 is 0 Å². The molecule has 154 valence electrons. The van der Waals surface area contributed by atoms with E-state index in [9.17, 15) is 0 Å². The van der Waals surface area contributed by atoms with E-state index in [1.54, 1.807) is 7.11 Å². The molecule has 0 aromatic heterocycles. The van der Waals surface area contributed by atoms with E-state index in [2.05, 4.69) is 47.7 Å². The zero-order valence-corrected chi connectivity index (χ0v) is 17.8. The smallest absolute Gasteiger partial charge is 0.191 e. The number of ether oxygens (including phenoxy) is 2. The molecular weight excluding hydrogens is 350 g/mol. The van der Waals surface area contributed by atoms with Crippen molar-refractivity contribution in [1.29, 1.82) is 0 Å². The highest BCUT2D eigenvalue weighted by Gasteiger charge is 2.59. The Hall–Kier alpha value is -1.75. The van der Waals surface area contributed by atoms with Gasteiger partial charge in [0.25, 0.3) is 0 Å². The van der Waals surface area contributed by atoms with E-state index in [1.807, 2.05) is 13.1 Å². The first-order chi connectivity index (χ1) is 13.5. The molecule has 1 heterocycles. The second-order valence-corrected chi connectivity index (χ2v) is 9.33. The molecule has 0 radical (unpaired) electrons. The van der Waals surface area contributed by atoms with Gasteiger partial charge in [0.2, 0.25) is 0 Å². The number of hydrogen-bond donors (Lipinski definition) is 2. The van der Waals surface area contributed by atoms with Gasteiger partial charge < -0.3 is 20.1 Å². The minimum atomic E-state index is 0.149. The third-order valence-corrected chi connectivity index (χ3v) is 7.45. The Bertz CT molecular complexity index is 724. The van der Waals surface area contributed by atoms with E-state index in [1.165, 1.54) is 31.2 Å². The van der Waals surface area contributed by atoms with Crippen LogP contribution in [0.3, 0.4) is 0 Å². The van der Waals surface area contributed by atoms with Crippen LogP contribution in [0.4, 0.5) is 0 Å². The first kappa shape index (κ1) is 19.6. The summed E-state index contributed by atoms with van der Waals surface area (Å²) < 4.78 is 11.4. The molecule has 0 bridgehead atoms. The number of nitrogens with one attached hydrogen (secondary N) is 2. The summed E-state index contributed by atoms with van der Waals surface area (Å²) in [7, 11) is 3.61. The Morgan fingerprint density at radius 2 is 2.07 bits per heavy atom. The highest BCUT2D eigenvalue weighted by atomic mass is 16.5. The molecule has 1 aliphatic heterocycles. The standard InChI is InChI=1S/C23H35N3O2/c1-22(2)19(18-10-13-28-20(18)22)26-21(24-3)25-15-23(11-5-6-12-23)16-8-7-9-17(14-16)27-4/h7-9,14,18-20H,5-6,10-13,15H2,1-4H3,(H2,24,25,26). The lowest BCUT2D eigenvalue weighted by Crippen LogP contribution is -2.68. The first-order valence-corrected chi connectivity index (χ1v) is 10.7. The summed E-state index contributed by atoms with van der Waals surface area (Å²) in [5.41, 5.74) is 1.68. The second-order valence-electron chi connectivity index (χ2n) is 9.33. The van der Waals surface area contributed by atoms with E-state index in [0.29, 0.717) is 18.1 Å². The molecular formula is C23H35N3O2. The van der Waals surface area contributed by atoms with Crippen LogP contribution in [0, 0.1) is 11.3 Å². The topological polar surface area (TPSA) is 54.9 Å². The number of methoxy groups -OCH3 is 1. The van der Waals surface area contributed by atoms with Crippen LogP contribution in [0.2, 0.25) is 0 Å². The van der Waals surface area contributed by atoms with Gasteiger partial charge in [0.1, 0.15) is 5.75 Å². The summed E-state index contributed by atoms with van der Waals surface area (Å²) in [4.78, 5) is 4.54. The summed E-state index contributed by atoms with van der Waals surface area (Å²) in [6, 6.07) is 9.01. The van der Waals surface area contributed by atoms with E-state index in [-0.39, 0.29) is 10.8 Å². The third kappa shape index (κ3) is 3.28. The number of guanidine groups is 1. The van der Waals surface area contributed by atoms with Crippen LogP contribution in [0.25, 0.3) is 0 Å². The summed E-state index contributed by atoms with van der Waals surface area (Å²) in [6.45, 7) is 6.40. The maximum Gasteiger partial charge on any atom is 0.191 e. The van der Waals surface area contributed by atoms with Gasteiger partial charge in [-0.1, -0.05) is 38.8 Å². The molecule has 28 heavy (non-hydrogen) atoms. The van der Waals surface area contributed by atoms with Gasteiger partial charge in [-0.15, -0.1) is 0 Å². The molecule has 3 unspecified atom stereocenters. The van der Waals surface area contributed by atoms with Crippen molar-refractivity contribution in [3.8, 4) is 5.75 Å². The molecule has 5 nitrogen and oxygen atoms in total.